The Balaban J connectivity index is 2.54. The SMILES string of the molecule is CN(C)CCC(=O)N(C)CCc1ccccc1C(=O)O. The number of carboxylic acid groups (broad SMARTS) is 1. The van der Waals surface area contributed by atoms with E-state index in [0.29, 0.717) is 24.9 Å². The quantitative estimate of drug-likeness (QED) is 0.817. The first kappa shape index (κ1) is 16.2. The highest BCUT2D eigenvalue weighted by Gasteiger charge is 2.12. The van der Waals surface area contributed by atoms with E-state index < -0.39 is 5.97 Å². The first-order valence-corrected chi connectivity index (χ1v) is 6.61. The lowest BCUT2D eigenvalue weighted by atomic mass is 10.0. The minimum absolute atomic E-state index is 0.0755. The van der Waals surface area contributed by atoms with Gasteiger partial charge in [0.2, 0.25) is 5.91 Å². The average molecular weight is 278 g/mol. The number of likely N-dealkylation sites (N-methyl/N-ethyl adjacent to an activating group) is 1. The maximum absolute atomic E-state index is 11.9. The van der Waals surface area contributed by atoms with E-state index >= 15 is 0 Å². The molecule has 20 heavy (non-hydrogen) atoms. The van der Waals surface area contributed by atoms with Crippen molar-refractivity contribution < 1.29 is 14.7 Å². The molecule has 1 rings (SSSR count). The lowest BCUT2D eigenvalue weighted by Gasteiger charge is -2.19. The molecule has 0 bridgehead atoms. The molecule has 0 unspecified atom stereocenters. The van der Waals surface area contributed by atoms with E-state index in [4.69, 9.17) is 5.11 Å². The second-order valence-electron chi connectivity index (χ2n) is 5.08. The van der Waals surface area contributed by atoms with Crippen LogP contribution in [0.25, 0.3) is 0 Å². The molecule has 0 radical (unpaired) electrons. The van der Waals surface area contributed by atoms with Gasteiger partial charge in [0, 0.05) is 26.6 Å². The number of rotatable bonds is 7. The highest BCUT2D eigenvalue weighted by atomic mass is 16.4. The van der Waals surface area contributed by atoms with E-state index in [-0.39, 0.29) is 5.91 Å². The topological polar surface area (TPSA) is 60.9 Å². The minimum Gasteiger partial charge on any atom is -0.478 e. The maximum atomic E-state index is 11.9. The summed E-state index contributed by atoms with van der Waals surface area (Å²) in [6.45, 7) is 1.24. The summed E-state index contributed by atoms with van der Waals surface area (Å²) >= 11 is 0. The second-order valence-corrected chi connectivity index (χ2v) is 5.08. The van der Waals surface area contributed by atoms with Gasteiger partial charge < -0.3 is 14.9 Å². The Morgan fingerprint density at radius 1 is 1.10 bits per heavy atom. The fourth-order valence-electron chi connectivity index (χ4n) is 1.87. The molecule has 0 fully saturated rings. The Bertz CT molecular complexity index is 472. The Hall–Kier alpha value is -1.88. The van der Waals surface area contributed by atoms with Gasteiger partial charge in [-0.05, 0) is 32.1 Å². The van der Waals surface area contributed by atoms with Crippen molar-refractivity contribution in [3.63, 3.8) is 0 Å². The largest absolute Gasteiger partial charge is 0.478 e. The van der Waals surface area contributed by atoms with Crippen molar-refractivity contribution in [3.8, 4) is 0 Å². The molecule has 0 aromatic heterocycles. The highest BCUT2D eigenvalue weighted by Crippen LogP contribution is 2.10. The summed E-state index contributed by atoms with van der Waals surface area (Å²) in [6.07, 6.45) is 1.02. The maximum Gasteiger partial charge on any atom is 0.335 e. The number of carbonyl (C=O) groups excluding carboxylic acids is 1. The molecular weight excluding hydrogens is 256 g/mol. The average Bonchev–Trinajstić information content (AvgIpc) is 2.42. The van der Waals surface area contributed by atoms with Gasteiger partial charge in [-0.2, -0.15) is 0 Å². The van der Waals surface area contributed by atoms with Crippen LogP contribution in [0.1, 0.15) is 22.3 Å². The number of hydrogen-bond acceptors (Lipinski definition) is 3. The van der Waals surface area contributed by atoms with E-state index in [1.165, 1.54) is 0 Å². The summed E-state index contributed by atoms with van der Waals surface area (Å²) in [5, 5.41) is 9.10. The van der Waals surface area contributed by atoms with Crippen LogP contribution in [0.2, 0.25) is 0 Å². The van der Waals surface area contributed by atoms with Crippen LogP contribution < -0.4 is 0 Å². The first-order chi connectivity index (χ1) is 9.41. The van der Waals surface area contributed by atoms with Gasteiger partial charge in [-0.25, -0.2) is 4.79 Å². The molecule has 0 aliphatic heterocycles. The normalized spacial score (nSPS) is 10.6. The monoisotopic (exact) mass is 278 g/mol. The van der Waals surface area contributed by atoms with Crippen LogP contribution in [-0.2, 0) is 11.2 Å². The zero-order valence-electron chi connectivity index (χ0n) is 12.3. The van der Waals surface area contributed by atoms with Crippen molar-refractivity contribution in [2.24, 2.45) is 0 Å². The first-order valence-electron chi connectivity index (χ1n) is 6.61. The molecule has 110 valence electrons. The summed E-state index contributed by atoms with van der Waals surface area (Å²) in [6, 6.07) is 6.90. The molecule has 5 heteroatoms. The van der Waals surface area contributed by atoms with Crippen molar-refractivity contribution >= 4 is 11.9 Å². The van der Waals surface area contributed by atoms with Gasteiger partial charge in [0.25, 0.3) is 0 Å². The van der Waals surface area contributed by atoms with Crippen LogP contribution in [0.5, 0.6) is 0 Å². The van der Waals surface area contributed by atoms with Crippen LogP contribution in [-0.4, -0.2) is 61.0 Å². The van der Waals surface area contributed by atoms with E-state index in [0.717, 1.165) is 12.1 Å². The van der Waals surface area contributed by atoms with E-state index in [1.54, 1.807) is 30.1 Å². The van der Waals surface area contributed by atoms with Gasteiger partial charge >= 0.3 is 5.97 Å². The molecule has 0 spiro atoms. The van der Waals surface area contributed by atoms with Crippen molar-refractivity contribution in [2.75, 3.05) is 34.2 Å². The molecule has 5 nitrogen and oxygen atoms in total. The van der Waals surface area contributed by atoms with Crippen LogP contribution in [0, 0.1) is 0 Å². The standard InChI is InChI=1S/C15H22N2O3/c1-16(2)10-9-14(18)17(3)11-8-12-6-4-5-7-13(12)15(19)20/h4-7H,8-11H2,1-3H3,(H,19,20). The van der Waals surface area contributed by atoms with Crippen molar-refractivity contribution in [3.05, 3.63) is 35.4 Å². The van der Waals surface area contributed by atoms with Crippen molar-refractivity contribution in [1.82, 2.24) is 9.80 Å². The van der Waals surface area contributed by atoms with E-state index in [1.807, 2.05) is 25.1 Å². The van der Waals surface area contributed by atoms with E-state index in [9.17, 15) is 9.59 Å². The minimum atomic E-state index is -0.929. The summed E-state index contributed by atoms with van der Waals surface area (Å²) in [5.74, 6) is -0.853. The molecule has 1 amide bonds. The summed E-state index contributed by atoms with van der Waals surface area (Å²) < 4.78 is 0. The summed E-state index contributed by atoms with van der Waals surface area (Å²) in [7, 11) is 5.61. The third kappa shape index (κ3) is 5.01. The lowest BCUT2D eigenvalue weighted by Crippen LogP contribution is -2.31. The predicted octanol–water partition coefficient (Wildman–Crippen LogP) is 1.34. The number of carboxylic acids is 1. The Morgan fingerprint density at radius 2 is 1.75 bits per heavy atom. The summed E-state index contributed by atoms with van der Waals surface area (Å²) in [5.41, 5.74) is 1.06. The fourth-order valence-corrected chi connectivity index (χ4v) is 1.87. The van der Waals surface area contributed by atoms with Crippen LogP contribution in [0.4, 0.5) is 0 Å². The van der Waals surface area contributed by atoms with E-state index in [2.05, 4.69) is 0 Å². The Kier molecular flexibility index (Phi) is 6.18. The molecule has 0 heterocycles. The zero-order valence-corrected chi connectivity index (χ0v) is 12.3. The van der Waals surface area contributed by atoms with Crippen LogP contribution >= 0.6 is 0 Å². The Labute approximate surface area is 119 Å². The number of carbonyl (C=O) groups is 2. The lowest BCUT2D eigenvalue weighted by molar-refractivity contribution is -0.130. The number of aromatic carboxylic acids is 1. The van der Waals surface area contributed by atoms with Crippen LogP contribution in [0.3, 0.4) is 0 Å². The number of nitrogens with zero attached hydrogens (tertiary/aromatic N) is 2. The smallest absolute Gasteiger partial charge is 0.335 e. The number of hydrogen-bond donors (Lipinski definition) is 1. The zero-order chi connectivity index (χ0) is 15.1. The van der Waals surface area contributed by atoms with Gasteiger partial charge in [0.15, 0.2) is 0 Å². The third-order valence-corrected chi connectivity index (χ3v) is 3.16. The van der Waals surface area contributed by atoms with Gasteiger partial charge in [0.1, 0.15) is 0 Å². The predicted molar refractivity (Wildman–Crippen MR) is 77.9 cm³/mol. The molecule has 1 aromatic carbocycles. The van der Waals surface area contributed by atoms with Crippen LogP contribution in [0.15, 0.2) is 24.3 Å². The highest BCUT2D eigenvalue weighted by molar-refractivity contribution is 5.89. The molecule has 1 N–H and O–H groups in total. The number of benzene rings is 1. The Morgan fingerprint density at radius 3 is 2.35 bits per heavy atom. The molecule has 0 saturated carbocycles. The molecule has 0 saturated heterocycles. The molecular formula is C15H22N2O3. The fraction of sp³-hybridized carbons (Fsp3) is 0.467. The van der Waals surface area contributed by atoms with Gasteiger partial charge in [-0.15, -0.1) is 0 Å². The second kappa shape index (κ2) is 7.65. The van der Waals surface area contributed by atoms with Crippen molar-refractivity contribution in [2.45, 2.75) is 12.8 Å². The molecule has 0 atom stereocenters. The van der Waals surface area contributed by atoms with Gasteiger partial charge in [-0.3, -0.25) is 4.79 Å². The summed E-state index contributed by atoms with van der Waals surface area (Å²) in [4.78, 5) is 26.6. The molecule has 0 aliphatic carbocycles. The molecule has 1 aromatic rings. The molecule has 0 aliphatic rings. The van der Waals surface area contributed by atoms with Gasteiger partial charge in [-0.1, -0.05) is 18.2 Å². The third-order valence-electron chi connectivity index (χ3n) is 3.16. The van der Waals surface area contributed by atoms with Gasteiger partial charge in [0.05, 0.1) is 5.56 Å². The van der Waals surface area contributed by atoms with Crippen molar-refractivity contribution in [1.29, 1.82) is 0 Å². The number of amides is 1.